The van der Waals surface area contributed by atoms with Crippen LogP contribution in [-0.4, -0.2) is 36.6 Å². The molecule has 0 amide bonds. The second-order valence-corrected chi connectivity index (χ2v) is 5.75. The number of hydrogen-bond acceptors (Lipinski definition) is 2. The molecule has 0 radical (unpaired) electrons. The van der Waals surface area contributed by atoms with E-state index >= 15 is 0 Å². The molecule has 1 N–H and O–H groups in total. The molecule has 0 saturated carbocycles. The molecular formula is C14H28N2. The molecule has 0 aromatic carbocycles. The maximum Gasteiger partial charge on any atom is 0.0309 e. The van der Waals surface area contributed by atoms with Gasteiger partial charge in [-0.1, -0.05) is 26.2 Å². The van der Waals surface area contributed by atoms with Crippen LogP contribution in [-0.2, 0) is 0 Å². The van der Waals surface area contributed by atoms with Crippen molar-refractivity contribution < 1.29 is 0 Å². The predicted octanol–water partition coefficient (Wildman–Crippen LogP) is 2.78. The second kappa shape index (κ2) is 6.02. The fourth-order valence-electron chi connectivity index (χ4n) is 3.50. The molecule has 1 atom stereocenters. The molecule has 2 saturated heterocycles. The summed E-state index contributed by atoms with van der Waals surface area (Å²) in [6.07, 6.45) is 11.2. The highest BCUT2D eigenvalue weighted by Gasteiger charge is 2.34. The molecule has 16 heavy (non-hydrogen) atoms. The van der Waals surface area contributed by atoms with Gasteiger partial charge in [-0.2, -0.15) is 0 Å². The van der Waals surface area contributed by atoms with Crippen molar-refractivity contribution in [2.24, 2.45) is 0 Å². The van der Waals surface area contributed by atoms with Gasteiger partial charge in [0.1, 0.15) is 0 Å². The second-order valence-electron chi connectivity index (χ2n) is 5.75. The summed E-state index contributed by atoms with van der Waals surface area (Å²) >= 11 is 0. The van der Waals surface area contributed by atoms with Gasteiger partial charge in [0.05, 0.1) is 0 Å². The smallest absolute Gasteiger partial charge is 0.0309 e. The van der Waals surface area contributed by atoms with E-state index in [4.69, 9.17) is 0 Å². The third-order valence-corrected chi connectivity index (χ3v) is 4.29. The molecule has 0 aromatic heterocycles. The van der Waals surface area contributed by atoms with Crippen molar-refractivity contribution in [2.75, 3.05) is 26.2 Å². The van der Waals surface area contributed by atoms with Gasteiger partial charge in [-0.25, -0.2) is 0 Å². The lowest BCUT2D eigenvalue weighted by Crippen LogP contribution is -2.50. The molecule has 2 fully saturated rings. The molecule has 2 heterocycles. The summed E-state index contributed by atoms with van der Waals surface area (Å²) in [5, 5.41) is 3.80. The molecule has 0 aromatic rings. The van der Waals surface area contributed by atoms with Crippen LogP contribution in [0.1, 0.15) is 58.3 Å². The van der Waals surface area contributed by atoms with E-state index in [-0.39, 0.29) is 0 Å². The molecule has 0 aliphatic carbocycles. The molecular weight excluding hydrogens is 196 g/mol. The van der Waals surface area contributed by atoms with Crippen molar-refractivity contribution in [2.45, 2.75) is 63.8 Å². The van der Waals surface area contributed by atoms with Gasteiger partial charge in [0.2, 0.25) is 0 Å². The number of rotatable bonds is 4. The van der Waals surface area contributed by atoms with Gasteiger partial charge in [-0.05, 0) is 51.7 Å². The molecule has 0 bridgehead atoms. The van der Waals surface area contributed by atoms with Crippen LogP contribution in [0.25, 0.3) is 0 Å². The van der Waals surface area contributed by atoms with Crippen molar-refractivity contribution in [1.29, 1.82) is 0 Å². The Labute approximate surface area is 101 Å². The number of likely N-dealkylation sites (tertiary alicyclic amines) is 1. The van der Waals surface area contributed by atoms with Crippen molar-refractivity contribution in [3.63, 3.8) is 0 Å². The van der Waals surface area contributed by atoms with Gasteiger partial charge in [0, 0.05) is 12.1 Å². The fraction of sp³-hybridized carbons (Fsp3) is 1.00. The Kier molecular flexibility index (Phi) is 4.66. The van der Waals surface area contributed by atoms with E-state index in [9.17, 15) is 0 Å². The molecule has 2 nitrogen and oxygen atoms in total. The van der Waals surface area contributed by atoms with Crippen LogP contribution in [0.15, 0.2) is 0 Å². The van der Waals surface area contributed by atoms with Gasteiger partial charge in [0.15, 0.2) is 0 Å². The van der Waals surface area contributed by atoms with Gasteiger partial charge < -0.3 is 10.2 Å². The van der Waals surface area contributed by atoms with Crippen LogP contribution in [0, 0.1) is 0 Å². The van der Waals surface area contributed by atoms with Gasteiger partial charge >= 0.3 is 0 Å². The van der Waals surface area contributed by atoms with E-state index in [0.717, 1.165) is 0 Å². The molecule has 0 spiro atoms. The van der Waals surface area contributed by atoms with E-state index in [1.54, 1.807) is 0 Å². The monoisotopic (exact) mass is 224 g/mol. The lowest BCUT2D eigenvalue weighted by Gasteiger charge is -2.35. The van der Waals surface area contributed by atoms with E-state index in [2.05, 4.69) is 17.1 Å². The first-order valence-electron chi connectivity index (χ1n) is 7.32. The van der Waals surface area contributed by atoms with E-state index in [1.165, 1.54) is 77.5 Å². The topological polar surface area (TPSA) is 15.3 Å². The summed E-state index contributed by atoms with van der Waals surface area (Å²) in [6, 6.07) is 0. The predicted molar refractivity (Wildman–Crippen MR) is 69.8 cm³/mol. The summed E-state index contributed by atoms with van der Waals surface area (Å²) in [4.78, 5) is 2.72. The number of nitrogens with one attached hydrogen (secondary N) is 1. The summed E-state index contributed by atoms with van der Waals surface area (Å²) in [7, 11) is 0. The Bertz CT molecular complexity index is 189. The van der Waals surface area contributed by atoms with Crippen LogP contribution < -0.4 is 5.32 Å². The molecule has 2 aliphatic rings. The summed E-state index contributed by atoms with van der Waals surface area (Å²) in [5.74, 6) is 0. The molecule has 1 unspecified atom stereocenters. The van der Waals surface area contributed by atoms with Crippen LogP contribution in [0.5, 0.6) is 0 Å². The summed E-state index contributed by atoms with van der Waals surface area (Å²) in [6.45, 7) is 7.55. The molecule has 2 heteroatoms. The Hall–Kier alpha value is -0.0800. The summed E-state index contributed by atoms with van der Waals surface area (Å²) < 4.78 is 0. The first-order chi connectivity index (χ1) is 7.85. The minimum Gasteiger partial charge on any atom is -0.310 e. The van der Waals surface area contributed by atoms with E-state index in [1.807, 2.05) is 0 Å². The molecule has 2 rings (SSSR count). The Morgan fingerprint density at radius 2 is 1.81 bits per heavy atom. The zero-order chi connectivity index (χ0) is 11.3. The lowest BCUT2D eigenvalue weighted by atomic mass is 9.91. The van der Waals surface area contributed by atoms with Crippen LogP contribution in [0.2, 0.25) is 0 Å². The van der Waals surface area contributed by atoms with E-state index in [0.29, 0.717) is 5.54 Å². The van der Waals surface area contributed by atoms with Gasteiger partial charge in [-0.15, -0.1) is 0 Å². The average Bonchev–Trinajstić information content (AvgIpc) is 2.57. The van der Waals surface area contributed by atoms with Crippen molar-refractivity contribution in [3.8, 4) is 0 Å². The largest absolute Gasteiger partial charge is 0.310 e. The van der Waals surface area contributed by atoms with Gasteiger partial charge in [0.25, 0.3) is 0 Å². The quantitative estimate of drug-likeness (QED) is 0.790. The van der Waals surface area contributed by atoms with Crippen molar-refractivity contribution in [3.05, 3.63) is 0 Å². The summed E-state index contributed by atoms with van der Waals surface area (Å²) in [5.41, 5.74) is 0.471. The van der Waals surface area contributed by atoms with Crippen molar-refractivity contribution in [1.82, 2.24) is 10.2 Å². The van der Waals surface area contributed by atoms with E-state index < -0.39 is 0 Å². The Morgan fingerprint density at radius 1 is 1.06 bits per heavy atom. The third-order valence-electron chi connectivity index (χ3n) is 4.29. The normalized spacial score (nSPS) is 32.8. The maximum absolute atomic E-state index is 3.80. The zero-order valence-corrected chi connectivity index (χ0v) is 10.9. The van der Waals surface area contributed by atoms with Crippen LogP contribution >= 0.6 is 0 Å². The SMILES string of the molecule is CCCC1(CN2CCCCCC2)CCCN1. The molecule has 2 aliphatic heterocycles. The molecule has 94 valence electrons. The highest BCUT2D eigenvalue weighted by Crippen LogP contribution is 2.26. The fourth-order valence-corrected chi connectivity index (χ4v) is 3.50. The maximum atomic E-state index is 3.80. The lowest BCUT2D eigenvalue weighted by molar-refractivity contribution is 0.188. The minimum absolute atomic E-state index is 0.471. The van der Waals surface area contributed by atoms with Gasteiger partial charge in [-0.3, -0.25) is 0 Å². The highest BCUT2D eigenvalue weighted by atomic mass is 15.2. The Balaban J connectivity index is 1.88. The number of nitrogens with zero attached hydrogens (tertiary/aromatic N) is 1. The van der Waals surface area contributed by atoms with Crippen LogP contribution in [0.4, 0.5) is 0 Å². The number of hydrogen-bond donors (Lipinski definition) is 1. The first-order valence-corrected chi connectivity index (χ1v) is 7.32. The zero-order valence-electron chi connectivity index (χ0n) is 10.9. The third kappa shape index (κ3) is 3.21. The first kappa shape index (κ1) is 12.4. The van der Waals surface area contributed by atoms with Crippen LogP contribution in [0.3, 0.4) is 0 Å². The standard InChI is InChI=1S/C14H28N2/c1-2-8-14(9-7-10-15-14)13-16-11-5-3-4-6-12-16/h15H,2-13H2,1H3. The Morgan fingerprint density at radius 3 is 2.38 bits per heavy atom. The minimum atomic E-state index is 0.471. The highest BCUT2D eigenvalue weighted by molar-refractivity contribution is 4.95. The average molecular weight is 224 g/mol. The van der Waals surface area contributed by atoms with Crippen molar-refractivity contribution >= 4 is 0 Å².